The van der Waals surface area contributed by atoms with E-state index in [1.54, 1.807) is 0 Å². The molecule has 0 heterocycles. The number of nitrogens with two attached hydrogens (primary N) is 1. The van der Waals surface area contributed by atoms with Gasteiger partial charge in [-0.05, 0) is 23.3 Å². The monoisotopic (exact) mass is 314 g/mol. The van der Waals surface area contributed by atoms with Gasteiger partial charge in [0.25, 0.3) is 0 Å². The van der Waals surface area contributed by atoms with Crippen molar-refractivity contribution in [2.24, 2.45) is 5.73 Å². The molecule has 2 nitrogen and oxygen atoms in total. The number of rotatable bonds is 3. The maximum absolute atomic E-state index is 13.8. The van der Waals surface area contributed by atoms with Gasteiger partial charge in [-0.2, -0.15) is 0 Å². The van der Waals surface area contributed by atoms with Gasteiger partial charge in [0.2, 0.25) is 0 Å². The van der Waals surface area contributed by atoms with Crippen LogP contribution in [0.3, 0.4) is 0 Å². The summed E-state index contributed by atoms with van der Waals surface area (Å²) in [6, 6.07) is 8.55. The van der Waals surface area contributed by atoms with Crippen LogP contribution in [0.15, 0.2) is 53.9 Å². The summed E-state index contributed by atoms with van der Waals surface area (Å²) < 4.78 is 25.2. The number of nitrogens with one attached hydrogen (secondary N) is 1. The molecule has 1 aromatic carbocycles. The maximum atomic E-state index is 13.8. The highest BCUT2D eigenvalue weighted by atomic mass is 79.9. The Kier molecular flexibility index (Phi) is 3.94. The molecule has 3 N–H and O–H groups in total. The van der Waals surface area contributed by atoms with Crippen LogP contribution in [-0.4, -0.2) is 10.5 Å². The Hall–Kier alpha value is -1.04. The van der Waals surface area contributed by atoms with Crippen molar-refractivity contribution < 1.29 is 8.87 Å². The molecule has 0 amide bonds. The molecule has 0 bridgehead atoms. The summed E-state index contributed by atoms with van der Waals surface area (Å²) in [6.45, 7) is 0. The highest BCUT2D eigenvalue weighted by Crippen LogP contribution is 2.31. The van der Waals surface area contributed by atoms with Crippen LogP contribution < -0.4 is 11.3 Å². The Morgan fingerprint density at radius 3 is 2.61 bits per heavy atom. The van der Waals surface area contributed by atoms with E-state index in [-0.39, 0.29) is 0 Å². The normalized spacial score (nSPS) is 27.7. The van der Waals surface area contributed by atoms with E-state index in [1.165, 1.54) is 11.6 Å². The summed E-state index contributed by atoms with van der Waals surface area (Å²) in [4.78, 5) is 0. The minimum atomic E-state index is -1.12. The molecular formula is C13H13BrF2N2. The van der Waals surface area contributed by atoms with Gasteiger partial charge < -0.3 is 5.73 Å². The zero-order valence-electron chi connectivity index (χ0n) is 9.54. The molecule has 0 saturated carbocycles. The number of hydrogen-bond acceptors (Lipinski definition) is 2. The highest BCUT2D eigenvalue weighted by Gasteiger charge is 2.34. The van der Waals surface area contributed by atoms with Gasteiger partial charge in [0.1, 0.15) is 10.3 Å². The van der Waals surface area contributed by atoms with Gasteiger partial charge in [0, 0.05) is 6.42 Å². The fourth-order valence-electron chi connectivity index (χ4n) is 1.87. The quantitative estimate of drug-likeness (QED) is 0.511. The third kappa shape index (κ3) is 2.85. The number of hydrogen-bond donors (Lipinski definition) is 2. The average molecular weight is 315 g/mol. The summed E-state index contributed by atoms with van der Waals surface area (Å²) in [5.41, 5.74) is 8.77. The van der Waals surface area contributed by atoms with Crippen LogP contribution in [0.2, 0.25) is 0 Å². The summed E-state index contributed by atoms with van der Waals surface area (Å²) in [6.07, 6.45) is 3.08. The third-order valence-corrected chi connectivity index (χ3v) is 3.57. The molecule has 0 radical (unpaired) electrons. The van der Waals surface area contributed by atoms with Crippen molar-refractivity contribution >= 4 is 15.9 Å². The van der Waals surface area contributed by atoms with Crippen molar-refractivity contribution in [3.05, 3.63) is 59.4 Å². The second kappa shape index (κ2) is 5.30. The van der Waals surface area contributed by atoms with Crippen molar-refractivity contribution in [2.45, 2.75) is 16.9 Å². The standard InChI is InChI=1S/C13H13BrF2N2/c14-13(17)8-10(11(15)7-12(13)18-16)6-9-4-2-1-3-5-9/h1-5,7-8,12,18H,6,17H2. The van der Waals surface area contributed by atoms with Crippen LogP contribution in [0.5, 0.6) is 0 Å². The lowest BCUT2D eigenvalue weighted by atomic mass is 9.94. The smallest absolute Gasteiger partial charge is 0.124 e. The van der Waals surface area contributed by atoms with Gasteiger partial charge in [0.05, 0.1) is 6.04 Å². The van der Waals surface area contributed by atoms with Crippen LogP contribution >= 0.6 is 15.9 Å². The molecule has 2 unspecified atom stereocenters. The van der Waals surface area contributed by atoms with Crippen LogP contribution in [0.4, 0.5) is 8.87 Å². The lowest BCUT2D eigenvalue weighted by Gasteiger charge is -2.30. The first-order valence-electron chi connectivity index (χ1n) is 5.50. The van der Waals surface area contributed by atoms with Gasteiger partial charge in [0.15, 0.2) is 0 Å². The fraction of sp³-hybridized carbons (Fsp3) is 0.231. The summed E-state index contributed by atoms with van der Waals surface area (Å²) in [7, 11) is 0. The molecule has 1 aliphatic carbocycles. The Labute approximate surface area is 113 Å². The Balaban J connectivity index is 2.24. The van der Waals surface area contributed by atoms with Gasteiger partial charge in [-0.3, -0.25) is 0 Å². The zero-order valence-corrected chi connectivity index (χ0v) is 11.1. The predicted molar refractivity (Wildman–Crippen MR) is 71.3 cm³/mol. The van der Waals surface area contributed by atoms with E-state index >= 15 is 0 Å². The molecule has 18 heavy (non-hydrogen) atoms. The van der Waals surface area contributed by atoms with Crippen LogP contribution in [0.1, 0.15) is 5.56 Å². The Morgan fingerprint density at radius 1 is 1.33 bits per heavy atom. The van der Waals surface area contributed by atoms with Crippen molar-refractivity contribution in [3.63, 3.8) is 0 Å². The molecule has 2 atom stereocenters. The van der Waals surface area contributed by atoms with Crippen LogP contribution in [0, 0.1) is 0 Å². The van der Waals surface area contributed by atoms with E-state index in [1.807, 2.05) is 30.3 Å². The van der Waals surface area contributed by atoms with Crippen molar-refractivity contribution in [3.8, 4) is 0 Å². The molecule has 96 valence electrons. The van der Waals surface area contributed by atoms with Gasteiger partial charge in [-0.1, -0.05) is 46.3 Å². The van der Waals surface area contributed by atoms with Gasteiger partial charge in [-0.15, -0.1) is 10.0 Å². The number of allylic oxidation sites excluding steroid dienone is 2. The lowest BCUT2D eigenvalue weighted by Crippen LogP contribution is -2.49. The molecule has 0 fully saturated rings. The average Bonchev–Trinajstić information content (AvgIpc) is 2.34. The van der Waals surface area contributed by atoms with E-state index in [9.17, 15) is 8.87 Å². The molecule has 0 aromatic heterocycles. The summed E-state index contributed by atoms with van der Waals surface area (Å²) >= 11 is 3.19. The van der Waals surface area contributed by atoms with Crippen molar-refractivity contribution in [2.75, 3.05) is 0 Å². The van der Waals surface area contributed by atoms with Crippen LogP contribution in [-0.2, 0) is 6.42 Å². The van der Waals surface area contributed by atoms with Gasteiger partial charge >= 0.3 is 0 Å². The number of halogens is 3. The van der Waals surface area contributed by atoms with E-state index < -0.39 is 16.3 Å². The maximum Gasteiger partial charge on any atom is 0.124 e. The SMILES string of the molecule is NC1(Br)C=C(Cc2ccccc2)C(F)=CC1NF. The first-order valence-corrected chi connectivity index (χ1v) is 6.29. The molecular weight excluding hydrogens is 302 g/mol. The Bertz CT molecular complexity index is 483. The molecule has 0 spiro atoms. The van der Waals surface area contributed by atoms with E-state index in [4.69, 9.17) is 5.73 Å². The van der Waals surface area contributed by atoms with E-state index in [0.29, 0.717) is 12.0 Å². The van der Waals surface area contributed by atoms with Gasteiger partial charge in [-0.25, -0.2) is 4.39 Å². The first kappa shape index (κ1) is 13.4. The largest absolute Gasteiger partial charge is 0.311 e. The van der Waals surface area contributed by atoms with Crippen LogP contribution in [0.25, 0.3) is 0 Å². The number of benzene rings is 1. The molecule has 0 saturated heterocycles. The highest BCUT2D eigenvalue weighted by molar-refractivity contribution is 9.10. The fourth-order valence-corrected chi connectivity index (χ4v) is 2.37. The summed E-state index contributed by atoms with van der Waals surface area (Å²) in [5, 5.41) is 0. The minimum Gasteiger partial charge on any atom is -0.311 e. The molecule has 1 aromatic rings. The topological polar surface area (TPSA) is 38.0 Å². The van der Waals surface area contributed by atoms with Crippen molar-refractivity contribution in [1.29, 1.82) is 0 Å². The lowest BCUT2D eigenvalue weighted by molar-refractivity contribution is 0.276. The van der Waals surface area contributed by atoms with Crippen molar-refractivity contribution in [1.82, 2.24) is 5.54 Å². The predicted octanol–water partition coefficient (Wildman–Crippen LogP) is 2.92. The molecule has 2 rings (SSSR count). The zero-order chi connectivity index (χ0) is 13.2. The van der Waals surface area contributed by atoms with E-state index in [0.717, 1.165) is 11.6 Å². The summed E-state index contributed by atoms with van der Waals surface area (Å²) in [5.74, 6) is -0.450. The minimum absolute atomic E-state index is 0.423. The first-order chi connectivity index (χ1) is 8.53. The van der Waals surface area contributed by atoms with E-state index in [2.05, 4.69) is 15.9 Å². The Morgan fingerprint density at radius 2 is 2.00 bits per heavy atom. The second-order valence-corrected chi connectivity index (χ2v) is 5.63. The second-order valence-electron chi connectivity index (χ2n) is 4.26. The third-order valence-electron chi connectivity index (χ3n) is 2.85. The molecule has 1 aliphatic rings. The number of alkyl halides is 1. The molecule has 0 aliphatic heterocycles. The molecule has 5 heteroatoms.